The fourth-order valence-corrected chi connectivity index (χ4v) is 2.60. The Morgan fingerprint density at radius 1 is 1.12 bits per heavy atom. The summed E-state index contributed by atoms with van der Waals surface area (Å²) >= 11 is 0.896. The summed E-state index contributed by atoms with van der Waals surface area (Å²) < 4.78 is 36.2. The van der Waals surface area contributed by atoms with Crippen molar-refractivity contribution in [3.63, 3.8) is 0 Å². The number of fused-ring (bicyclic) bond motifs is 1. The van der Waals surface area contributed by atoms with Crippen LogP contribution in [0.4, 0.5) is 12.9 Å². The molecule has 0 radical (unpaired) electrons. The molecule has 0 aliphatic heterocycles. The molecular formula is C10H11BF3KS. The van der Waals surface area contributed by atoms with Crippen LogP contribution in [-0.2, 0) is 12.8 Å². The van der Waals surface area contributed by atoms with Gasteiger partial charge in [-0.3, -0.25) is 0 Å². The van der Waals surface area contributed by atoms with E-state index in [1.165, 1.54) is 11.1 Å². The van der Waals surface area contributed by atoms with Gasteiger partial charge in [0.25, 0.3) is 0 Å². The largest absolute Gasteiger partial charge is 1.00 e. The van der Waals surface area contributed by atoms with E-state index >= 15 is 0 Å². The summed E-state index contributed by atoms with van der Waals surface area (Å²) in [5, 5.41) is 0. The van der Waals surface area contributed by atoms with E-state index < -0.39 is 12.6 Å². The zero-order chi connectivity index (χ0) is 10.9. The van der Waals surface area contributed by atoms with Gasteiger partial charge in [-0.15, -0.1) is 0 Å². The molecule has 0 atom stereocenters. The van der Waals surface area contributed by atoms with Gasteiger partial charge in [-0.2, -0.15) is 11.8 Å². The SMILES string of the molecule is F[B-](F)(F)CSc1ccc2c(c1)CCC2.[K+]. The van der Waals surface area contributed by atoms with E-state index in [9.17, 15) is 12.9 Å². The van der Waals surface area contributed by atoms with Crippen molar-refractivity contribution in [2.45, 2.75) is 24.2 Å². The van der Waals surface area contributed by atoms with Crippen LogP contribution < -0.4 is 51.4 Å². The molecule has 1 aromatic carbocycles. The van der Waals surface area contributed by atoms with Crippen molar-refractivity contribution in [3.05, 3.63) is 29.3 Å². The number of hydrogen-bond donors (Lipinski definition) is 0. The molecule has 2 rings (SSSR count). The maximum Gasteiger partial charge on any atom is 1.00 e. The van der Waals surface area contributed by atoms with Gasteiger partial charge in [-0.25, -0.2) is 0 Å². The van der Waals surface area contributed by atoms with E-state index in [0.717, 1.165) is 35.9 Å². The van der Waals surface area contributed by atoms with Crippen molar-refractivity contribution in [1.29, 1.82) is 0 Å². The zero-order valence-corrected chi connectivity index (χ0v) is 13.1. The molecule has 0 unspecified atom stereocenters. The van der Waals surface area contributed by atoms with E-state index in [0.29, 0.717) is 0 Å². The van der Waals surface area contributed by atoms with Gasteiger partial charge in [-0.05, 0) is 48.2 Å². The molecule has 16 heavy (non-hydrogen) atoms. The summed E-state index contributed by atoms with van der Waals surface area (Å²) in [7, 11) is 0. The average Bonchev–Trinajstić information content (AvgIpc) is 2.60. The molecule has 1 aliphatic rings. The second-order valence-electron chi connectivity index (χ2n) is 3.81. The summed E-state index contributed by atoms with van der Waals surface area (Å²) in [5.74, 6) is 0. The summed E-state index contributed by atoms with van der Waals surface area (Å²) in [6.45, 7) is -4.67. The maximum atomic E-state index is 12.1. The molecule has 6 heteroatoms. The predicted octanol–water partition coefficient (Wildman–Crippen LogP) is 0.658. The van der Waals surface area contributed by atoms with E-state index in [4.69, 9.17) is 0 Å². The average molecular weight is 270 g/mol. The van der Waals surface area contributed by atoms with Gasteiger partial charge in [-0.1, -0.05) is 6.07 Å². The van der Waals surface area contributed by atoms with Crippen LogP contribution in [0.1, 0.15) is 17.5 Å². The minimum Gasteiger partial charge on any atom is -0.448 e. The molecule has 0 saturated carbocycles. The number of benzene rings is 1. The quantitative estimate of drug-likeness (QED) is 0.574. The number of hydrogen-bond acceptors (Lipinski definition) is 1. The van der Waals surface area contributed by atoms with Crippen molar-refractivity contribution < 1.29 is 64.3 Å². The third-order valence-electron chi connectivity index (χ3n) is 2.51. The van der Waals surface area contributed by atoms with E-state index in [1.54, 1.807) is 6.07 Å². The molecule has 0 N–H and O–H groups in total. The van der Waals surface area contributed by atoms with Crippen molar-refractivity contribution >= 4 is 18.7 Å². The van der Waals surface area contributed by atoms with Gasteiger partial charge >= 0.3 is 58.4 Å². The van der Waals surface area contributed by atoms with Gasteiger partial charge in [0.2, 0.25) is 0 Å². The Hall–Kier alpha value is 1.06. The number of aryl methyl sites for hydroxylation is 2. The first-order valence-electron chi connectivity index (χ1n) is 5.00. The molecule has 0 amide bonds. The second-order valence-corrected chi connectivity index (χ2v) is 4.90. The van der Waals surface area contributed by atoms with Crippen LogP contribution in [0, 0.1) is 0 Å². The maximum absolute atomic E-state index is 12.1. The van der Waals surface area contributed by atoms with Gasteiger partial charge in [0, 0.05) is 4.90 Å². The van der Waals surface area contributed by atoms with Gasteiger partial charge in [0.1, 0.15) is 0 Å². The van der Waals surface area contributed by atoms with Crippen LogP contribution in [0.3, 0.4) is 0 Å². The molecule has 0 heterocycles. The Balaban J connectivity index is 0.00000128. The first kappa shape index (κ1) is 15.1. The first-order valence-corrected chi connectivity index (χ1v) is 5.99. The molecule has 1 aromatic rings. The molecule has 82 valence electrons. The minimum atomic E-state index is -4.67. The molecule has 0 saturated heterocycles. The predicted molar refractivity (Wildman–Crippen MR) is 58.3 cm³/mol. The number of thioether (sulfide) groups is 1. The van der Waals surface area contributed by atoms with E-state index in [1.807, 2.05) is 12.1 Å². The Morgan fingerprint density at radius 2 is 1.81 bits per heavy atom. The van der Waals surface area contributed by atoms with Gasteiger partial charge in [0.15, 0.2) is 0 Å². The van der Waals surface area contributed by atoms with Crippen molar-refractivity contribution in [2.75, 3.05) is 5.65 Å². The molecular weight excluding hydrogens is 259 g/mol. The topological polar surface area (TPSA) is 0 Å². The summed E-state index contributed by atoms with van der Waals surface area (Å²) in [5.41, 5.74) is 1.80. The standard InChI is InChI=1S/C10H11BF3S.K/c12-11(13,14)7-15-10-5-4-8-2-1-3-9(8)6-10;/h4-6H,1-3,7H2;/q-1;+1. The summed E-state index contributed by atoms with van der Waals surface area (Å²) in [4.78, 5) is 0.745. The van der Waals surface area contributed by atoms with Crippen LogP contribution in [0.2, 0.25) is 0 Å². The van der Waals surface area contributed by atoms with Crippen LogP contribution in [0.5, 0.6) is 0 Å². The van der Waals surface area contributed by atoms with Crippen LogP contribution in [0.25, 0.3) is 0 Å². The van der Waals surface area contributed by atoms with Gasteiger partial charge in [0.05, 0.1) is 0 Å². The fraction of sp³-hybridized carbons (Fsp3) is 0.400. The zero-order valence-electron chi connectivity index (χ0n) is 9.18. The van der Waals surface area contributed by atoms with E-state index in [2.05, 4.69) is 0 Å². The molecule has 0 nitrogen and oxygen atoms in total. The van der Waals surface area contributed by atoms with Crippen molar-refractivity contribution in [3.8, 4) is 0 Å². The smallest absolute Gasteiger partial charge is 0.448 e. The minimum absolute atomic E-state index is 0. The fourth-order valence-electron chi connectivity index (χ4n) is 1.83. The molecule has 0 aromatic heterocycles. The van der Waals surface area contributed by atoms with Crippen LogP contribution >= 0.6 is 11.8 Å². The first-order chi connectivity index (χ1) is 7.04. The third-order valence-corrected chi connectivity index (χ3v) is 3.64. The molecule has 1 aliphatic carbocycles. The second kappa shape index (κ2) is 6.29. The Morgan fingerprint density at radius 3 is 2.50 bits per heavy atom. The van der Waals surface area contributed by atoms with E-state index in [-0.39, 0.29) is 51.4 Å². The normalized spacial score (nSPS) is 14.4. The monoisotopic (exact) mass is 270 g/mol. The summed E-state index contributed by atoms with van der Waals surface area (Å²) in [6.07, 6.45) is 3.22. The number of halogens is 3. The summed E-state index contributed by atoms with van der Waals surface area (Å²) in [6, 6.07) is 5.68. The van der Waals surface area contributed by atoms with Gasteiger partial charge < -0.3 is 12.9 Å². The molecule has 0 bridgehead atoms. The van der Waals surface area contributed by atoms with Crippen molar-refractivity contribution in [1.82, 2.24) is 0 Å². The third kappa shape index (κ3) is 4.38. The van der Waals surface area contributed by atoms with Crippen LogP contribution in [-0.4, -0.2) is 12.6 Å². The molecule has 0 fully saturated rings. The van der Waals surface area contributed by atoms with Crippen LogP contribution in [0.15, 0.2) is 23.1 Å². The molecule has 0 spiro atoms. The Labute approximate surface area is 140 Å². The Kier molecular flexibility index (Phi) is 5.95. The number of rotatable bonds is 3. The Bertz CT molecular complexity index is 368. The van der Waals surface area contributed by atoms with Crippen molar-refractivity contribution in [2.24, 2.45) is 0 Å².